The van der Waals surface area contributed by atoms with E-state index in [9.17, 15) is 0 Å². The maximum absolute atomic E-state index is 6.27. The van der Waals surface area contributed by atoms with Gasteiger partial charge in [0.2, 0.25) is 0 Å². The van der Waals surface area contributed by atoms with Gasteiger partial charge < -0.3 is 9.31 Å². The smallest absolute Gasteiger partial charge is 0.399 e. The van der Waals surface area contributed by atoms with Crippen molar-refractivity contribution in [2.75, 3.05) is 0 Å². The first-order chi connectivity index (χ1) is 14.4. The highest BCUT2D eigenvalue weighted by Gasteiger charge is 2.51. The number of para-hydroxylation sites is 2. The van der Waals surface area contributed by atoms with E-state index in [4.69, 9.17) is 14.3 Å². The first kappa shape index (κ1) is 19.0. The zero-order valence-corrected chi connectivity index (χ0v) is 17.7. The molecular formula is C24H24BN3O2. The minimum absolute atomic E-state index is 0.380. The molecule has 1 fully saturated rings. The number of hydrogen-bond donors (Lipinski definition) is 0. The molecule has 0 unspecified atom stereocenters. The van der Waals surface area contributed by atoms with Crippen LogP contribution >= 0.6 is 0 Å². The van der Waals surface area contributed by atoms with Crippen LogP contribution in [-0.4, -0.2) is 32.9 Å². The van der Waals surface area contributed by atoms with Gasteiger partial charge in [-0.2, -0.15) is 0 Å². The summed E-state index contributed by atoms with van der Waals surface area (Å²) < 4.78 is 14.7. The van der Waals surface area contributed by atoms with Crippen molar-refractivity contribution in [2.45, 2.75) is 38.9 Å². The van der Waals surface area contributed by atoms with Crippen LogP contribution in [0.4, 0.5) is 0 Å². The molecule has 150 valence electrons. The largest absolute Gasteiger partial charge is 0.494 e. The number of imidazole rings is 1. The van der Waals surface area contributed by atoms with Crippen molar-refractivity contribution >= 4 is 23.6 Å². The summed E-state index contributed by atoms with van der Waals surface area (Å²) >= 11 is 0. The molecule has 1 aliphatic heterocycles. The summed E-state index contributed by atoms with van der Waals surface area (Å²) in [7, 11) is -0.414. The summed E-state index contributed by atoms with van der Waals surface area (Å²) in [6.45, 7) is 8.28. The third-order valence-corrected chi connectivity index (χ3v) is 6.11. The van der Waals surface area contributed by atoms with Gasteiger partial charge in [-0.15, -0.1) is 0 Å². The van der Waals surface area contributed by atoms with Crippen LogP contribution in [0.5, 0.6) is 0 Å². The number of pyridine rings is 1. The Bertz CT molecular complexity index is 1200. The zero-order chi connectivity index (χ0) is 20.9. The Hall–Kier alpha value is -2.96. The second kappa shape index (κ2) is 6.79. The molecule has 0 amide bonds. The minimum Gasteiger partial charge on any atom is -0.399 e. The van der Waals surface area contributed by atoms with Crippen LogP contribution < -0.4 is 5.46 Å². The van der Waals surface area contributed by atoms with E-state index in [0.717, 1.165) is 33.7 Å². The molecule has 0 atom stereocenters. The molecule has 3 heterocycles. The minimum atomic E-state index is -0.414. The third-order valence-electron chi connectivity index (χ3n) is 6.11. The summed E-state index contributed by atoms with van der Waals surface area (Å²) in [5.41, 5.74) is 4.01. The summed E-state index contributed by atoms with van der Waals surface area (Å²) in [6, 6.07) is 22.3. The molecule has 0 aliphatic carbocycles. The van der Waals surface area contributed by atoms with Crippen molar-refractivity contribution in [1.82, 2.24) is 14.5 Å². The van der Waals surface area contributed by atoms with Crippen molar-refractivity contribution in [1.29, 1.82) is 0 Å². The molecule has 30 heavy (non-hydrogen) atoms. The predicted molar refractivity (Wildman–Crippen MR) is 120 cm³/mol. The van der Waals surface area contributed by atoms with Crippen molar-refractivity contribution < 1.29 is 9.31 Å². The van der Waals surface area contributed by atoms with Gasteiger partial charge >= 0.3 is 7.12 Å². The zero-order valence-electron chi connectivity index (χ0n) is 17.7. The van der Waals surface area contributed by atoms with Crippen LogP contribution in [0.2, 0.25) is 0 Å². The number of hydrogen-bond acceptors (Lipinski definition) is 4. The van der Waals surface area contributed by atoms with Gasteiger partial charge in [0.25, 0.3) is 0 Å². The highest BCUT2D eigenvalue weighted by atomic mass is 16.7. The molecule has 1 aliphatic rings. The fraction of sp³-hybridized carbons (Fsp3) is 0.250. The molecule has 0 saturated carbocycles. The Balaban J connectivity index is 1.65. The Morgan fingerprint density at radius 2 is 1.57 bits per heavy atom. The number of rotatable bonds is 3. The van der Waals surface area contributed by atoms with Gasteiger partial charge in [0.1, 0.15) is 5.69 Å². The van der Waals surface area contributed by atoms with Crippen LogP contribution in [0.3, 0.4) is 0 Å². The first-order valence-electron chi connectivity index (χ1n) is 10.2. The van der Waals surface area contributed by atoms with E-state index < -0.39 is 7.12 Å². The summed E-state index contributed by atoms with van der Waals surface area (Å²) in [5, 5.41) is 0. The van der Waals surface area contributed by atoms with Crippen molar-refractivity contribution in [2.24, 2.45) is 0 Å². The quantitative estimate of drug-likeness (QED) is 0.482. The van der Waals surface area contributed by atoms with Gasteiger partial charge in [0, 0.05) is 11.9 Å². The van der Waals surface area contributed by atoms with Gasteiger partial charge in [-0.1, -0.05) is 30.3 Å². The molecule has 0 bridgehead atoms. The predicted octanol–water partition coefficient (Wildman–Crippen LogP) is 4.39. The van der Waals surface area contributed by atoms with Gasteiger partial charge in [-0.25, -0.2) is 4.98 Å². The lowest BCUT2D eigenvalue weighted by molar-refractivity contribution is 0.00578. The molecule has 2 aromatic carbocycles. The van der Waals surface area contributed by atoms with E-state index in [1.807, 2.05) is 48.5 Å². The second-order valence-corrected chi connectivity index (χ2v) is 8.66. The highest BCUT2D eigenvalue weighted by Crippen LogP contribution is 2.36. The van der Waals surface area contributed by atoms with Crippen LogP contribution in [0.15, 0.2) is 72.9 Å². The standard InChI is InChI=1S/C24H24BN3O2/c1-23(2)24(3,4)30-25(29-23)17-10-9-11-18(16-17)28-21-14-6-5-12-19(21)27-22(28)20-13-7-8-15-26-20/h5-16H,1-4H3. The van der Waals surface area contributed by atoms with Gasteiger partial charge in [0.15, 0.2) is 5.82 Å². The Morgan fingerprint density at radius 1 is 0.833 bits per heavy atom. The molecule has 1 saturated heterocycles. The maximum atomic E-state index is 6.27. The Labute approximate surface area is 176 Å². The van der Waals surface area contributed by atoms with Crippen molar-refractivity contribution in [3.8, 4) is 17.2 Å². The number of fused-ring (bicyclic) bond motifs is 1. The normalized spacial score (nSPS) is 17.5. The molecule has 6 heteroatoms. The Morgan fingerprint density at radius 3 is 2.30 bits per heavy atom. The van der Waals surface area contributed by atoms with Gasteiger partial charge in [0.05, 0.1) is 22.2 Å². The Kier molecular flexibility index (Phi) is 4.31. The topological polar surface area (TPSA) is 49.2 Å². The molecule has 5 nitrogen and oxygen atoms in total. The van der Waals surface area contributed by atoms with Gasteiger partial charge in [-0.05, 0) is 69.6 Å². The van der Waals surface area contributed by atoms with E-state index >= 15 is 0 Å². The van der Waals surface area contributed by atoms with E-state index in [0.29, 0.717) is 0 Å². The lowest BCUT2D eigenvalue weighted by Gasteiger charge is -2.32. The first-order valence-corrected chi connectivity index (χ1v) is 10.2. The van der Waals surface area contributed by atoms with E-state index in [2.05, 4.69) is 55.4 Å². The fourth-order valence-electron chi connectivity index (χ4n) is 3.74. The SMILES string of the molecule is CC1(C)OB(c2cccc(-n3c(-c4ccccn4)nc4ccccc43)c2)OC1(C)C. The van der Waals surface area contributed by atoms with E-state index in [1.165, 1.54) is 0 Å². The molecule has 0 N–H and O–H groups in total. The van der Waals surface area contributed by atoms with Crippen LogP contribution in [0.25, 0.3) is 28.2 Å². The molecule has 2 aromatic heterocycles. The van der Waals surface area contributed by atoms with Gasteiger partial charge in [-0.3, -0.25) is 9.55 Å². The molecule has 4 aromatic rings. The number of aromatic nitrogens is 3. The van der Waals surface area contributed by atoms with Crippen molar-refractivity contribution in [3.63, 3.8) is 0 Å². The lowest BCUT2D eigenvalue weighted by atomic mass is 9.79. The summed E-state index contributed by atoms with van der Waals surface area (Å²) in [5.74, 6) is 0.808. The van der Waals surface area contributed by atoms with Crippen molar-refractivity contribution in [3.05, 3.63) is 72.9 Å². The van der Waals surface area contributed by atoms with E-state index in [-0.39, 0.29) is 11.2 Å². The van der Waals surface area contributed by atoms with Crippen LogP contribution in [0.1, 0.15) is 27.7 Å². The summed E-state index contributed by atoms with van der Waals surface area (Å²) in [4.78, 5) is 9.41. The molecule has 5 rings (SSSR count). The monoisotopic (exact) mass is 397 g/mol. The third kappa shape index (κ3) is 3.04. The molecule has 0 spiro atoms. The average molecular weight is 397 g/mol. The number of benzene rings is 2. The highest BCUT2D eigenvalue weighted by molar-refractivity contribution is 6.62. The fourth-order valence-corrected chi connectivity index (χ4v) is 3.74. The van der Waals surface area contributed by atoms with Crippen LogP contribution in [0, 0.1) is 0 Å². The number of nitrogens with zero attached hydrogens (tertiary/aromatic N) is 3. The maximum Gasteiger partial charge on any atom is 0.494 e. The second-order valence-electron chi connectivity index (χ2n) is 8.66. The van der Waals surface area contributed by atoms with Crippen LogP contribution in [-0.2, 0) is 9.31 Å². The van der Waals surface area contributed by atoms with E-state index in [1.54, 1.807) is 6.20 Å². The molecule has 0 radical (unpaired) electrons. The molecular weight excluding hydrogens is 373 g/mol. The lowest BCUT2D eigenvalue weighted by Crippen LogP contribution is -2.41. The summed E-state index contributed by atoms with van der Waals surface area (Å²) in [6.07, 6.45) is 1.79. The average Bonchev–Trinajstić information content (AvgIpc) is 3.23.